The molecule has 0 aliphatic carbocycles. The molecule has 0 N–H and O–H groups in total. The number of carbonyl (C=O) groups is 1. The first-order valence-electron chi connectivity index (χ1n) is 8.68. The van der Waals surface area contributed by atoms with Crippen LogP contribution < -0.4 is 5.43 Å². The Balaban J connectivity index is 2.09. The molecule has 27 heavy (non-hydrogen) atoms. The van der Waals surface area contributed by atoms with Crippen molar-refractivity contribution in [2.45, 2.75) is 19.9 Å². The van der Waals surface area contributed by atoms with Crippen molar-refractivity contribution in [1.29, 1.82) is 0 Å². The van der Waals surface area contributed by atoms with Crippen molar-refractivity contribution in [1.82, 2.24) is 4.90 Å². The maximum absolute atomic E-state index is 14.6. The Bertz CT molecular complexity index is 1160. The standard InChI is InChI=1S/C22H18FNO3/c1-4-9-24-19(14-7-5-6-8-15(14)23)18-20(25)17-13(3)10-12(2)11-16(17)27-21(18)22(24)26/h4-8,10-11,19H,1,9H2,2-3H3/t19-/m1/s1. The first-order valence-corrected chi connectivity index (χ1v) is 8.68. The highest BCUT2D eigenvalue weighted by molar-refractivity contribution is 5.99. The average molecular weight is 363 g/mol. The maximum Gasteiger partial charge on any atom is 0.291 e. The van der Waals surface area contributed by atoms with Crippen molar-refractivity contribution in [3.05, 3.63) is 93.1 Å². The summed E-state index contributed by atoms with van der Waals surface area (Å²) in [5.41, 5.74) is 2.23. The number of hydrogen-bond acceptors (Lipinski definition) is 3. The van der Waals surface area contributed by atoms with Gasteiger partial charge in [-0.15, -0.1) is 6.58 Å². The Morgan fingerprint density at radius 3 is 2.67 bits per heavy atom. The summed E-state index contributed by atoms with van der Waals surface area (Å²) in [6, 6.07) is 8.96. The second-order valence-electron chi connectivity index (χ2n) is 6.80. The van der Waals surface area contributed by atoms with Gasteiger partial charge in [0.1, 0.15) is 11.4 Å². The van der Waals surface area contributed by atoms with Gasteiger partial charge >= 0.3 is 0 Å². The fraction of sp³-hybridized carbons (Fsp3) is 0.182. The second kappa shape index (κ2) is 6.20. The van der Waals surface area contributed by atoms with Gasteiger partial charge in [0.25, 0.3) is 5.91 Å². The molecule has 0 radical (unpaired) electrons. The van der Waals surface area contributed by atoms with Gasteiger partial charge < -0.3 is 9.32 Å². The van der Waals surface area contributed by atoms with E-state index in [0.29, 0.717) is 11.0 Å². The average Bonchev–Trinajstić information content (AvgIpc) is 2.88. The first kappa shape index (κ1) is 17.2. The van der Waals surface area contributed by atoms with E-state index in [1.54, 1.807) is 30.3 Å². The molecule has 0 saturated carbocycles. The Hall–Kier alpha value is -3.21. The van der Waals surface area contributed by atoms with Gasteiger partial charge in [0, 0.05) is 12.1 Å². The van der Waals surface area contributed by atoms with Gasteiger partial charge in [-0.05, 0) is 37.1 Å². The second-order valence-corrected chi connectivity index (χ2v) is 6.80. The molecule has 1 aromatic heterocycles. The van der Waals surface area contributed by atoms with E-state index in [-0.39, 0.29) is 28.9 Å². The number of amides is 1. The van der Waals surface area contributed by atoms with Gasteiger partial charge in [-0.3, -0.25) is 9.59 Å². The van der Waals surface area contributed by atoms with E-state index in [1.165, 1.54) is 11.0 Å². The largest absolute Gasteiger partial charge is 0.450 e. The molecule has 1 amide bonds. The number of nitrogens with zero attached hydrogens (tertiary/aromatic N) is 1. The number of benzene rings is 2. The Labute approximate surface area is 155 Å². The third kappa shape index (κ3) is 2.50. The fourth-order valence-electron chi connectivity index (χ4n) is 3.86. The zero-order valence-corrected chi connectivity index (χ0v) is 15.1. The van der Waals surface area contributed by atoms with Gasteiger partial charge in [0.2, 0.25) is 5.76 Å². The van der Waals surface area contributed by atoms with Crippen molar-refractivity contribution >= 4 is 16.9 Å². The van der Waals surface area contributed by atoms with Crippen LogP contribution in [0.2, 0.25) is 0 Å². The van der Waals surface area contributed by atoms with Gasteiger partial charge in [0.15, 0.2) is 5.43 Å². The van der Waals surface area contributed by atoms with Crippen LogP contribution in [0.25, 0.3) is 11.0 Å². The van der Waals surface area contributed by atoms with E-state index >= 15 is 0 Å². The lowest BCUT2D eigenvalue weighted by Crippen LogP contribution is -2.30. The number of aryl methyl sites for hydroxylation is 2. The molecular formula is C22H18FNO3. The molecule has 1 aliphatic rings. The first-order chi connectivity index (χ1) is 12.9. The van der Waals surface area contributed by atoms with Crippen LogP contribution in [-0.4, -0.2) is 17.4 Å². The zero-order valence-electron chi connectivity index (χ0n) is 15.1. The summed E-state index contributed by atoms with van der Waals surface area (Å²) in [6.07, 6.45) is 1.55. The molecule has 5 heteroatoms. The minimum absolute atomic E-state index is 0.0207. The summed E-state index contributed by atoms with van der Waals surface area (Å²) in [4.78, 5) is 27.7. The van der Waals surface area contributed by atoms with Gasteiger partial charge in [-0.1, -0.05) is 30.3 Å². The van der Waals surface area contributed by atoms with E-state index in [0.717, 1.165) is 11.1 Å². The number of hydrogen-bond donors (Lipinski definition) is 0. The SMILES string of the molecule is C=CCN1C(=O)c2oc3cc(C)cc(C)c3c(=O)c2[C@H]1c1ccccc1F. The molecular weight excluding hydrogens is 345 g/mol. The lowest BCUT2D eigenvalue weighted by atomic mass is 9.96. The quantitative estimate of drug-likeness (QED) is 0.653. The summed E-state index contributed by atoms with van der Waals surface area (Å²) in [5.74, 6) is -0.929. The van der Waals surface area contributed by atoms with Gasteiger partial charge in [0.05, 0.1) is 17.0 Å². The Morgan fingerprint density at radius 1 is 1.22 bits per heavy atom. The molecule has 4 rings (SSSR count). The van der Waals surface area contributed by atoms with Crippen molar-refractivity contribution < 1.29 is 13.6 Å². The summed E-state index contributed by atoms with van der Waals surface area (Å²) < 4.78 is 20.4. The van der Waals surface area contributed by atoms with Crippen LogP contribution in [0.4, 0.5) is 4.39 Å². The van der Waals surface area contributed by atoms with Crippen LogP contribution in [-0.2, 0) is 0 Å². The minimum Gasteiger partial charge on any atom is -0.450 e. The molecule has 1 aliphatic heterocycles. The summed E-state index contributed by atoms with van der Waals surface area (Å²) in [6.45, 7) is 7.58. The van der Waals surface area contributed by atoms with E-state index in [1.807, 2.05) is 19.9 Å². The molecule has 2 heterocycles. The summed E-state index contributed by atoms with van der Waals surface area (Å²) in [5, 5.41) is 0.425. The summed E-state index contributed by atoms with van der Waals surface area (Å²) >= 11 is 0. The van der Waals surface area contributed by atoms with Gasteiger partial charge in [-0.2, -0.15) is 0 Å². The van der Waals surface area contributed by atoms with Crippen molar-refractivity contribution in [2.75, 3.05) is 6.54 Å². The highest BCUT2D eigenvalue weighted by Gasteiger charge is 2.43. The lowest BCUT2D eigenvalue weighted by Gasteiger charge is -2.24. The maximum atomic E-state index is 14.6. The Morgan fingerprint density at radius 2 is 1.96 bits per heavy atom. The molecule has 1 atom stereocenters. The van der Waals surface area contributed by atoms with E-state index < -0.39 is 17.8 Å². The molecule has 3 aromatic rings. The van der Waals surface area contributed by atoms with Crippen LogP contribution >= 0.6 is 0 Å². The number of fused-ring (bicyclic) bond motifs is 2. The predicted molar refractivity (Wildman–Crippen MR) is 101 cm³/mol. The predicted octanol–water partition coefficient (Wildman–Crippen LogP) is 4.28. The molecule has 0 unspecified atom stereocenters. The van der Waals surface area contributed by atoms with Gasteiger partial charge in [-0.25, -0.2) is 4.39 Å². The highest BCUT2D eigenvalue weighted by Crippen LogP contribution is 2.39. The smallest absolute Gasteiger partial charge is 0.291 e. The van der Waals surface area contributed by atoms with Crippen molar-refractivity contribution in [3.63, 3.8) is 0 Å². The van der Waals surface area contributed by atoms with Crippen molar-refractivity contribution in [3.8, 4) is 0 Å². The highest BCUT2D eigenvalue weighted by atomic mass is 19.1. The topological polar surface area (TPSA) is 50.5 Å². The number of halogens is 1. The van der Waals surface area contributed by atoms with Crippen LogP contribution in [0.15, 0.2) is 58.3 Å². The third-order valence-corrected chi connectivity index (χ3v) is 4.94. The molecule has 0 bridgehead atoms. The number of carbonyl (C=O) groups excluding carboxylic acids is 1. The van der Waals surface area contributed by atoms with E-state index in [2.05, 4.69) is 6.58 Å². The molecule has 136 valence electrons. The molecule has 2 aromatic carbocycles. The third-order valence-electron chi connectivity index (χ3n) is 4.94. The van der Waals surface area contributed by atoms with Crippen LogP contribution in [0.5, 0.6) is 0 Å². The lowest BCUT2D eigenvalue weighted by molar-refractivity contribution is 0.0746. The molecule has 4 nitrogen and oxygen atoms in total. The number of rotatable bonds is 3. The van der Waals surface area contributed by atoms with E-state index in [9.17, 15) is 14.0 Å². The monoisotopic (exact) mass is 363 g/mol. The normalized spacial score (nSPS) is 16.0. The Kier molecular flexibility index (Phi) is 3.95. The van der Waals surface area contributed by atoms with Crippen LogP contribution in [0, 0.1) is 19.7 Å². The van der Waals surface area contributed by atoms with E-state index in [4.69, 9.17) is 4.42 Å². The van der Waals surface area contributed by atoms with Crippen LogP contribution in [0.1, 0.15) is 38.9 Å². The van der Waals surface area contributed by atoms with Crippen molar-refractivity contribution in [2.24, 2.45) is 0 Å². The minimum atomic E-state index is -0.840. The molecule has 0 spiro atoms. The van der Waals surface area contributed by atoms with Crippen LogP contribution in [0.3, 0.4) is 0 Å². The zero-order chi connectivity index (χ0) is 19.3. The summed E-state index contributed by atoms with van der Waals surface area (Å²) in [7, 11) is 0. The molecule has 0 fully saturated rings. The molecule has 0 saturated heterocycles. The fourth-order valence-corrected chi connectivity index (χ4v) is 3.86.